The largest absolute Gasteiger partial charge is 0.494 e. The van der Waals surface area contributed by atoms with E-state index in [0.29, 0.717) is 29.7 Å². The van der Waals surface area contributed by atoms with Gasteiger partial charge in [-0.25, -0.2) is 0 Å². The molecule has 1 aromatic heterocycles. The molecule has 0 saturated carbocycles. The van der Waals surface area contributed by atoms with E-state index in [-0.39, 0.29) is 17.1 Å². The van der Waals surface area contributed by atoms with Gasteiger partial charge in [0.05, 0.1) is 23.6 Å². The highest BCUT2D eigenvalue weighted by atomic mass is 16.5. The first kappa shape index (κ1) is 24.0. The van der Waals surface area contributed by atoms with Crippen molar-refractivity contribution in [2.75, 3.05) is 32.8 Å². The fraction of sp³-hybridized carbons (Fsp3) is 0.429. The first-order chi connectivity index (χ1) is 16.6. The van der Waals surface area contributed by atoms with Crippen molar-refractivity contribution in [1.82, 2.24) is 9.80 Å². The maximum Gasteiger partial charge on any atom is 0.290 e. The second kappa shape index (κ2) is 10.9. The van der Waals surface area contributed by atoms with E-state index in [1.54, 1.807) is 17.0 Å². The Balaban J connectivity index is 1.74. The van der Waals surface area contributed by atoms with E-state index in [9.17, 15) is 9.59 Å². The predicted molar refractivity (Wildman–Crippen MR) is 135 cm³/mol. The van der Waals surface area contributed by atoms with Crippen LogP contribution in [0.2, 0.25) is 0 Å². The summed E-state index contributed by atoms with van der Waals surface area (Å²) in [5, 5.41) is 0.499. The van der Waals surface area contributed by atoms with Gasteiger partial charge in [-0.2, -0.15) is 0 Å². The van der Waals surface area contributed by atoms with Gasteiger partial charge < -0.3 is 19.0 Å². The van der Waals surface area contributed by atoms with E-state index >= 15 is 0 Å². The van der Waals surface area contributed by atoms with Gasteiger partial charge in [0.25, 0.3) is 5.91 Å². The Morgan fingerprint density at radius 2 is 1.79 bits per heavy atom. The first-order valence-electron chi connectivity index (χ1n) is 12.4. The van der Waals surface area contributed by atoms with Gasteiger partial charge in [-0.05, 0) is 62.3 Å². The number of amides is 1. The fourth-order valence-corrected chi connectivity index (χ4v) is 4.66. The summed E-state index contributed by atoms with van der Waals surface area (Å²) in [6.45, 7) is 10.4. The van der Waals surface area contributed by atoms with Crippen LogP contribution in [0.25, 0.3) is 11.0 Å². The molecule has 0 bridgehead atoms. The number of carbonyl (C=O) groups is 1. The van der Waals surface area contributed by atoms with Crippen molar-refractivity contribution in [2.45, 2.75) is 46.1 Å². The lowest BCUT2D eigenvalue weighted by atomic mass is 9.98. The number of carbonyl (C=O) groups excluding carboxylic acids is 1. The van der Waals surface area contributed by atoms with Crippen molar-refractivity contribution < 1.29 is 13.9 Å². The Hall–Kier alpha value is -3.12. The third-order valence-corrected chi connectivity index (χ3v) is 6.58. The van der Waals surface area contributed by atoms with Crippen molar-refractivity contribution in [3.63, 3.8) is 0 Å². The number of hydrogen-bond acceptors (Lipinski definition) is 5. The summed E-state index contributed by atoms with van der Waals surface area (Å²) in [6, 6.07) is 14.4. The third kappa shape index (κ3) is 4.73. The minimum atomic E-state index is -0.491. The third-order valence-electron chi connectivity index (χ3n) is 6.58. The van der Waals surface area contributed by atoms with Crippen molar-refractivity contribution in [1.29, 1.82) is 0 Å². The summed E-state index contributed by atoms with van der Waals surface area (Å²) in [7, 11) is 0. The van der Waals surface area contributed by atoms with Gasteiger partial charge in [-0.1, -0.05) is 51.5 Å². The number of unbranched alkanes of at least 4 members (excludes halogenated alkanes) is 1. The van der Waals surface area contributed by atoms with E-state index in [0.717, 1.165) is 50.2 Å². The SMILES string of the molecule is CCCCOc1cccc(C2c3c(oc4ccccc4c3=O)C(=O)N2CCCN(CC)CC)c1. The monoisotopic (exact) mass is 462 g/mol. The lowest BCUT2D eigenvalue weighted by Gasteiger charge is -2.27. The van der Waals surface area contributed by atoms with E-state index in [2.05, 4.69) is 25.7 Å². The van der Waals surface area contributed by atoms with Gasteiger partial charge >= 0.3 is 0 Å². The Morgan fingerprint density at radius 1 is 1.00 bits per heavy atom. The molecule has 1 unspecified atom stereocenters. The fourth-order valence-electron chi connectivity index (χ4n) is 4.66. The average molecular weight is 463 g/mol. The molecule has 6 nitrogen and oxygen atoms in total. The van der Waals surface area contributed by atoms with Gasteiger partial charge in [-0.3, -0.25) is 9.59 Å². The van der Waals surface area contributed by atoms with Crippen LogP contribution >= 0.6 is 0 Å². The number of benzene rings is 2. The van der Waals surface area contributed by atoms with Crippen LogP contribution in [-0.2, 0) is 0 Å². The highest BCUT2D eigenvalue weighted by Crippen LogP contribution is 2.39. The zero-order valence-electron chi connectivity index (χ0n) is 20.4. The highest BCUT2D eigenvalue weighted by molar-refractivity contribution is 5.99. The summed E-state index contributed by atoms with van der Waals surface area (Å²) in [4.78, 5) is 31.3. The van der Waals surface area contributed by atoms with Crippen LogP contribution in [0.1, 0.15) is 67.8 Å². The van der Waals surface area contributed by atoms with Crippen LogP contribution in [-0.4, -0.2) is 48.5 Å². The number of ether oxygens (including phenoxy) is 1. The number of rotatable bonds is 11. The molecule has 0 fully saturated rings. The molecule has 4 rings (SSSR count). The van der Waals surface area contributed by atoms with Crippen LogP contribution in [0.15, 0.2) is 57.7 Å². The minimum Gasteiger partial charge on any atom is -0.494 e. The Bertz CT molecular complexity index is 1200. The highest BCUT2D eigenvalue weighted by Gasteiger charge is 2.42. The molecule has 180 valence electrons. The first-order valence-corrected chi connectivity index (χ1v) is 12.4. The summed E-state index contributed by atoms with van der Waals surface area (Å²) < 4.78 is 12.0. The molecule has 1 atom stereocenters. The molecule has 1 aliphatic heterocycles. The molecule has 2 heterocycles. The van der Waals surface area contributed by atoms with E-state index in [1.807, 2.05) is 36.4 Å². The maximum atomic E-state index is 13.6. The minimum absolute atomic E-state index is 0.140. The summed E-state index contributed by atoms with van der Waals surface area (Å²) in [6.07, 6.45) is 2.85. The Morgan fingerprint density at radius 3 is 2.56 bits per heavy atom. The molecule has 0 spiro atoms. The van der Waals surface area contributed by atoms with E-state index in [1.165, 1.54) is 0 Å². The van der Waals surface area contributed by atoms with Gasteiger partial charge in [0.15, 0.2) is 5.43 Å². The molecule has 6 heteroatoms. The van der Waals surface area contributed by atoms with Crippen LogP contribution in [0.3, 0.4) is 0 Å². The molecule has 0 saturated heterocycles. The van der Waals surface area contributed by atoms with E-state index < -0.39 is 6.04 Å². The Labute approximate surface area is 201 Å². The van der Waals surface area contributed by atoms with Crippen molar-refractivity contribution >= 4 is 16.9 Å². The molecule has 3 aromatic rings. The van der Waals surface area contributed by atoms with Crippen molar-refractivity contribution in [3.05, 3.63) is 75.6 Å². The molecule has 2 aromatic carbocycles. The van der Waals surface area contributed by atoms with Gasteiger partial charge in [-0.15, -0.1) is 0 Å². The molecular weight excluding hydrogens is 428 g/mol. The standard InChI is InChI=1S/C28H34N2O4/c1-4-7-18-33-21-13-10-12-20(19-21)25-24-26(31)22-14-8-9-15-23(22)34-27(24)28(32)30(25)17-11-16-29(5-2)6-3/h8-10,12-15,19,25H,4-7,11,16-18H2,1-3H3. The quantitative estimate of drug-likeness (QED) is 0.364. The zero-order chi connectivity index (χ0) is 24.1. The second-order valence-electron chi connectivity index (χ2n) is 8.73. The molecule has 0 aliphatic carbocycles. The van der Waals surface area contributed by atoms with Crippen LogP contribution in [0.4, 0.5) is 0 Å². The zero-order valence-corrected chi connectivity index (χ0v) is 20.4. The lowest BCUT2D eigenvalue weighted by Crippen LogP contribution is -2.33. The number of hydrogen-bond donors (Lipinski definition) is 0. The average Bonchev–Trinajstić information content (AvgIpc) is 3.14. The molecule has 0 radical (unpaired) electrons. The number of fused-ring (bicyclic) bond motifs is 2. The summed E-state index contributed by atoms with van der Waals surface area (Å²) >= 11 is 0. The molecule has 34 heavy (non-hydrogen) atoms. The number of para-hydroxylation sites is 1. The van der Waals surface area contributed by atoms with Gasteiger partial charge in [0.2, 0.25) is 5.76 Å². The molecule has 1 aliphatic rings. The number of nitrogens with zero attached hydrogens (tertiary/aromatic N) is 2. The van der Waals surface area contributed by atoms with Crippen molar-refractivity contribution in [3.8, 4) is 5.75 Å². The Kier molecular flexibility index (Phi) is 7.68. The van der Waals surface area contributed by atoms with Gasteiger partial charge in [0.1, 0.15) is 11.3 Å². The summed E-state index contributed by atoms with van der Waals surface area (Å²) in [5.41, 5.74) is 1.60. The predicted octanol–water partition coefficient (Wildman–Crippen LogP) is 5.25. The molecular formula is C28H34N2O4. The normalized spacial score (nSPS) is 15.4. The molecule has 0 N–H and O–H groups in total. The van der Waals surface area contributed by atoms with Crippen LogP contribution < -0.4 is 10.2 Å². The summed E-state index contributed by atoms with van der Waals surface area (Å²) in [5.74, 6) is 0.689. The van der Waals surface area contributed by atoms with E-state index in [4.69, 9.17) is 9.15 Å². The molecule has 1 amide bonds. The lowest BCUT2D eigenvalue weighted by molar-refractivity contribution is 0.0720. The maximum absolute atomic E-state index is 13.6. The van der Waals surface area contributed by atoms with Crippen molar-refractivity contribution in [2.24, 2.45) is 0 Å². The van der Waals surface area contributed by atoms with Crippen LogP contribution in [0.5, 0.6) is 5.75 Å². The van der Waals surface area contributed by atoms with Crippen LogP contribution in [0, 0.1) is 0 Å². The topological polar surface area (TPSA) is 63.0 Å². The second-order valence-corrected chi connectivity index (χ2v) is 8.73. The smallest absolute Gasteiger partial charge is 0.290 e. The van der Waals surface area contributed by atoms with Gasteiger partial charge in [0, 0.05) is 6.54 Å².